The molecule has 1 saturated carbocycles. The highest BCUT2D eigenvalue weighted by Crippen LogP contribution is 2.39. The molecule has 19 heavy (non-hydrogen) atoms. The van der Waals surface area contributed by atoms with E-state index in [0.29, 0.717) is 23.5 Å². The van der Waals surface area contributed by atoms with Crippen molar-refractivity contribution in [1.82, 2.24) is 20.3 Å². The van der Waals surface area contributed by atoms with Crippen LogP contribution in [0.15, 0.2) is 8.94 Å². The fourth-order valence-electron chi connectivity index (χ4n) is 1.52. The summed E-state index contributed by atoms with van der Waals surface area (Å²) in [6.07, 6.45) is 2.37. The standard InChI is InChI=1S/C12H16N4O3/c1-12(2,3)10-13-11(19-16-10)17-6-8-14-15-9(18-8)7-4-5-7/h7H,4-6H2,1-3H3. The molecule has 0 aliphatic heterocycles. The monoisotopic (exact) mass is 264 g/mol. The van der Waals surface area contributed by atoms with Gasteiger partial charge in [-0.1, -0.05) is 25.9 Å². The van der Waals surface area contributed by atoms with Gasteiger partial charge in [0.25, 0.3) is 5.89 Å². The fraction of sp³-hybridized carbons (Fsp3) is 0.667. The van der Waals surface area contributed by atoms with Gasteiger partial charge < -0.3 is 9.15 Å². The number of ether oxygens (including phenoxy) is 1. The van der Waals surface area contributed by atoms with Gasteiger partial charge >= 0.3 is 6.08 Å². The second-order valence-corrected chi connectivity index (χ2v) is 5.73. The van der Waals surface area contributed by atoms with Gasteiger partial charge in [0.2, 0.25) is 5.89 Å². The topological polar surface area (TPSA) is 87.1 Å². The quantitative estimate of drug-likeness (QED) is 0.836. The Hall–Kier alpha value is -1.92. The van der Waals surface area contributed by atoms with Crippen LogP contribution in [0.3, 0.4) is 0 Å². The van der Waals surface area contributed by atoms with Gasteiger partial charge in [-0.3, -0.25) is 4.52 Å². The van der Waals surface area contributed by atoms with E-state index in [1.807, 2.05) is 20.8 Å². The molecule has 0 radical (unpaired) electrons. The van der Waals surface area contributed by atoms with Crippen LogP contribution in [-0.2, 0) is 12.0 Å². The molecule has 2 heterocycles. The molecule has 1 aliphatic rings. The molecular weight excluding hydrogens is 248 g/mol. The van der Waals surface area contributed by atoms with E-state index in [1.54, 1.807) is 0 Å². The third-order valence-corrected chi connectivity index (χ3v) is 2.81. The molecule has 0 atom stereocenters. The van der Waals surface area contributed by atoms with Crippen LogP contribution in [0.5, 0.6) is 6.08 Å². The third kappa shape index (κ3) is 2.74. The van der Waals surface area contributed by atoms with E-state index in [4.69, 9.17) is 13.7 Å². The largest absolute Gasteiger partial charge is 0.439 e. The molecule has 0 aromatic carbocycles. The summed E-state index contributed by atoms with van der Waals surface area (Å²) in [4.78, 5) is 4.16. The highest BCUT2D eigenvalue weighted by molar-refractivity contribution is 5.02. The van der Waals surface area contributed by atoms with Crippen molar-refractivity contribution in [3.05, 3.63) is 17.6 Å². The lowest BCUT2D eigenvalue weighted by molar-refractivity contribution is 0.174. The molecule has 0 spiro atoms. The lowest BCUT2D eigenvalue weighted by atomic mass is 9.96. The van der Waals surface area contributed by atoms with Crippen LogP contribution in [0.25, 0.3) is 0 Å². The summed E-state index contributed by atoms with van der Waals surface area (Å²) in [6.45, 7) is 6.15. The second kappa shape index (κ2) is 4.32. The highest BCUT2D eigenvalue weighted by Gasteiger charge is 2.29. The van der Waals surface area contributed by atoms with Crippen LogP contribution in [0, 0.1) is 0 Å². The third-order valence-electron chi connectivity index (χ3n) is 2.81. The van der Waals surface area contributed by atoms with Crippen LogP contribution in [0.1, 0.15) is 57.1 Å². The van der Waals surface area contributed by atoms with Gasteiger partial charge in [0, 0.05) is 11.3 Å². The molecule has 2 aromatic heterocycles. The molecule has 2 aromatic rings. The molecule has 7 heteroatoms. The van der Waals surface area contributed by atoms with Gasteiger partial charge in [0.15, 0.2) is 12.4 Å². The zero-order chi connectivity index (χ0) is 13.5. The van der Waals surface area contributed by atoms with Crippen molar-refractivity contribution in [3.8, 4) is 6.08 Å². The fourth-order valence-corrected chi connectivity index (χ4v) is 1.52. The zero-order valence-corrected chi connectivity index (χ0v) is 11.2. The summed E-state index contributed by atoms with van der Waals surface area (Å²) in [5, 5.41) is 11.8. The highest BCUT2D eigenvalue weighted by atomic mass is 16.6. The van der Waals surface area contributed by atoms with E-state index < -0.39 is 0 Å². The molecule has 0 unspecified atom stereocenters. The number of hydrogen-bond acceptors (Lipinski definition) is 7. The van der Waals surface area contributed by atoms with Crippen molar-refractivity contribution in [3.63, 3.8) is 0 Å². The van der Waals surface area contributed by atoms with Gasteiger partial charge in [-0.15, -0.1) is 10.2 Å². The van der Waals surface area contributed by atoms with Gasteiger partial charge in [-0.25, -0.2) is 0 Å². The Morgan fingerprint density at radius 3 is 2.68 bits per heavy atom. The number of nitrogens with zero attached hydrogens (tertiary/aromatic N) is 4. The average Bonchev–Trinajstić information content (AvgIpc) is 2.91. The minimum Gasteiger partial charge on any atom is -0.439 e. The zero-order valence-electron chi connectivity index (χ0n) is 11.2. The van der Waals surface area contributed by atoms with Crippen molar-refractivity contribution in [2.24, 2.45) is 0 Å². The molecule has 102 valence electrons. The lowest BCUT2D eigenvalue weighted by Crippen LogP contribution is -2.13. The molecule has 0 bridgehead atoms. The predicted molar refractivity (Wildman–Crippen MR) is 63.6 cm³/mol. The van der Waals surface area contributed by atoms with E-state index in [0.717, 1.165) is 12.8 Å². The van der Waals surface area contributed by atoms with Gasteiger partial charge in [0.1, 0.15) is 0 Å². The summed E-state index contributed by atoms with van der Waals surface area (Å²) in [6, 6.07) is 0. The van der Waals surface area contributed by atoms with E-state index in [1.165, 1.54) is 0 Å². The number of rotatable bonds is 4. The van der Waals surface area contributed by atoms with Crippen LogP contribution in [-0.4, -0.2) is 20.3 Å². The first-order chi connectivity index (χ1) is 9.02. The second-order valence-electron chi connectivity index (χ2n) is 5.73. The van der Waals surface area contributed by atoms with Crippen molar-refractivity contribution in [1.29, 1.82) is 0 Å². The summed E-state index contributed by atoms with van der Waals surface area (Å²) >= 11 is 0. The molecule has 3 rings (SSSR count). The van der Waals surface area contributed by atoms with Crippen molar-refractivity contribution >= 4 is 0 Å². The maximum absolute atomic E-state index is 5.47. The van der Waals surface area contributed by atoms with E-state index in [9.17, 15) is 0 Å². The molecule has 1 fully saturated rings. The van der Waals surface area contributed by atoms with E-state index in [2.05, 4.69) is 20.3 Å². The molecular formula is C12H16N4O3. The Bertz CT molecular complexity index is 566. The number of aromatic nitrogens is 4. The number of hydrogen-bond donors (Lipinski definition) is 0. The molecule has 0 saturated heterocycles. The van der Waals surface area contributed by atoms with Gasteiger partial charge in [-0.05, 0) is 12.8 Å². The van der Waals surface area contributed by atoms with Gasteiger partial charge in [-0.2, -0.15) is 4.98 Å². The first-order valence-electron chi connectivity index (χ1n) is 6.31. The first-order valence-corrected chi connectivity index (χ1v) is 6.31. The van der Waals surface area contributed by atoms with Crippen LogP contribution >= 0.6 is 0 Å². The Labute approximate surface area is 110 Å². The summed E-state index contributed by atoms with van der Waals surface area (Å²) in [5.41, 5.74) is -0.172. The van der Waals surface area contributed by atoms with Crippen molar-refractivity contribution in [2.45, 2.75) is 51.6 Å². The summed E-state index contributed by atoms with van der Waals surface area (Å²) in [7, 11) is 0. The molecule has 1 aliphatic carbocycles. The Morgan fingerprint density at radius 2 is 2.05 bits per heavy atom. The summed E-state index contributed by atoms with van der Waals surface area (Å²) < 4.78 is 15.8. The van der Waals surface area contributed by atoms with Crippen molar-refractivity contribution < 1.29 is 13.7 Å². The minimum absolute atomic E-state index is 0.121. The predicted octanol–water partition coefficient (Wildman–Crippen LogP) is 2.21. The molecule has 7 nitrogen and oxygen atoms in total. The van der Waals surface area contributed by atoms with Gasteiger partial charge in [0.05, 0.1) is 0 Å². The maximum atomic E-state index is 5.47. The van der Waals surface area contributed by atoms with E-state index in [-0.39, 0.29) is 18.1 Å². The van der Waals surface area contributed by atoms with E-state index >= 15 is 0 Å². The Balaban J connectivity index is 1.60. The van der Waals surface area contributed by atoms with Crippen LogP contribution in [0.4, 0.5) is 0 Å². The minimum atomic E-state index is -0.172. The molecule has 0 amide bonds. The first kappa shape index (κ1) is 12.1. The SMILES string of the molecule is CC(C)(C)c1noc(OCc2nnc(C3CC3)o2)n1. The smallest absolute Gasteiger partial charge is 0.417 e. The Kier molecular flexibility index (Phi) is 2.76. The van der Waals surface area contributed by atoms with Crippen LogP contribution < -0.4 is 4.74 Å². The molecule has 0 N–H and O–H groups in total. The van der Waals surface area contributed by atoms with Crippen molar-refractivity contribution in [2.75, 3.05) is 0 Å². The van der Waals surface area contributed by atoms with Crippen LogP contribution in [0.2, 0.25) is 0 Å². The normalized spacial score (nSPS) is 15.7. The Morgan fingerprint density at radius 1 is 1.26 bits per heavy atom. The summed E-state index contributed by atoms with van der Waals surface area (Å²) in [5.74, 6) is 2.17. The average molecular weight is 264 g/mol. The lowest BCUT2D eigenvalue weighted by Gasteiger charge is -2.10. The maximum Gasteiger partial charge on any atom is 0.417 e.